The van der Waals surface area contributed by atoms with Gasteiger partial charge in [-0.15, -0.1) is 0 Å². The second-order valence-electron chi connectivity index (χ2n) is 5.53. The first-order valence-electron chi connectivity index (χ1n) is 8.60. The van der Waals surface area contributed by atoms with E-state index in [1.807, 2.05) is 31.2 Å². The topological polar surface area (TPSA) is 73.9 Å². The highest BCUT2D eigenvalue weighted by Crippen LogP contribution is 2.14. The molecule has 0 aromatic heterocycles. The molecule has 0 aliphatic rings. The van der Waals surface area contributed by atoms with E-state index in [1.165, 1.54) is 13.2 Å². The van der Waals surface area contributed by atoms with Gasteiger partial charge in [-0.3, -0.25) is 4.79 Å². The predicted molar refractivity (Wildman–Crippen MR) is 104 cm³/mol. The summed E-state index contributed by atoms with van der Waals surface area (Å²) in [7, 11) is 1.54. The van der Waals surface area contributed by atoms with Gasteiger partial charge in [0.15, 0.2) is 0 Å². The Hall–Kier alpha value is -3.12. The molecule has 6 heteroatoms. The van der Waals surface area contributed by atoms with E-state index < -0.39 is 5.97 Å². The van der Waals surface area contributed by atoms with Crippen molar-refractivity contribution in [2.45, 2.75) is 6.92 Å². The molecule has 0 aliphatic heterocycles. The first-order chi connectivity index (χ1) is 13.1. The fraction of sp³-hybridized carbons (Fsp3) is 0.238. The van der Waals surface area contributed by atoms with Crippen LogP contribution >= 0.6 is 0 Å². The molecule has 0 fully saturated rings. The summed E-state index contributed by atoms with van der Waals surface area (Å²) in [6.45, 7) is 3.08. The fourth-order valence-electron chi connectivity index (χ4n) is 2.19. The zero-order valence-electron chi connectivity index (χ0n) is 15.4. The molecule has 0 unspecified atom stereocenters. The maximum absolute atomic E-state index is 12.0. The van der Waals surface area contributed by atoms with Crippen molar-refractivity contribution in [3.8, 4) is 5.75 Å². The minimum atomic E-state index is -0.430. The summed E-state index contributed by atoms with van der Waals surface area (Å²) in [6, 6.07) is 13.9. The Morgan fingerprint density at radius 3 is 2.33 bits per heavy atom. The molecule has 0 saturated heterocycles. The average Bonchev–Trinajstić information content (AvgIpc) is 2.68. The number of hydrogen-bond donors (Lipinski definition) is 1. The zero-order chi connectivity index (χ0) is 19.5. The summed E-state index contributed by atoms with van der Waals surface area (Å²) < 4.78 is 15.2. The van der Waals surface area contributed by atoms with Crippen LogP contribution < -0.4 is 10.1 Å². The summed E-state index contributed by atoms with van der Waals surface area (Å²) in [5.41, 5.74) is 1.89. The predicted octanol–water partition coefficient (Wildman–Crippen LogP) is 3.54. The van der Waals surface area contributed by atoms with Crippen molar-refractivity contribution in [1.82, 2.24) is 0 Å². The number of carbonyl (C=O) groups is 2. The molecule has 1 amide bonds. The van der Waals surface area contributed by atoms with Crippen LogP contribution in [0.1, 0.15) is 22.8 Å². The van der Waals surface area contributed by atoms with Crippen LogP contribution in [0.4, 0.5) is 5.69 Å². The monoisotopic (exact) mass is 369 g/mol. The van der Waals surface area contributed by atoms with Gasteiger partial charge >= 0.3 is 5.97 Å². The second kappa shape index (κ2) is 10.8. The van der Waals surface area contributed by atoms with Gasteiger partial charge in [0.2, 0.25) is 5.91 Å². The smallest absolute Gasteiger partial charge is 0.338 e. The maximum Gasteiger partial charge on any atom is 0.338 e. The van der Waals surface area contributed by atoms with Gasteiger partial charge in [-0.05, 0) is 55.0 Å². The Kier molecular flexibility index (Phi) is 8.06. The van der Waals surface area contributed by atoms with Crippen LogP contribution in [0.25, 0.3) is 6.08 Å². The lowest BCUT2D eigenvalue weighted by atomic mass is 10.2. The quantitative estimate of drug-likeness (QED) is 0.416. The lowest BCUT2D eigenvalue weighted by Gasteiger charge is -2.06. The molecule has 1 N–H and O–H groups in total. The molecule has 0 aliphatic carbocycles. The van der Waals surface area contributed by atoms with E-state index in [2.05, 4.69) is 5.32 Å². The number of nitrogens with one attached hydrogen (secondary N) is 1. The molecule has 2 aromatic carbocycles. The first-order valence-corrected chi connectivity index (χ1v) is 8.60. The van der Waals surface area contributed by atoms with Gasteiger partial charge in [0.05, 0.1) is 18.8 Å². The Morgan fingerprint density at radius 1 is 1.00 bits per heavy atom. The molecule has 142 valence electrons. The number of anilines is 1. The van der Waals surface area contributed by atoms with E-state index in [4.69, 9.17) is 14.2 Å². The van der Waals surface area contributed by atoms with Gasteiger partial charge in [0, 0.05) is 18.9 Å². The number of amides is 1. The molecule has 6 nitrogen and oxygen atoms in total. The Morgan fingerprint density at radius 2 is 1.70 bits per heavy atom. The molecule has 0 radical (unpaired) electrons. The SMILES string of the molecule is CCOc1ccc(/C=C/C(=O)Nc2ccc(C(=O)OCCOC)cc2)cc1. The van der Waals surface area contributed by atoms with Crippen molar-refractivity contribution >= 4 is 23.6 Å². The van der Waals surface area contributed by atoms with Crippen LogP contribution in [0.2, 0.25) is 0 Å². The number of ether oxygens (including phenoxy) is 3. The lowest BCUT2D eigenvalue weighted by Crippen LogP contribution is -2.11. The van der Waals surface area contributed by atoms with E-state index in [1.54, 1.807) is 30.3 Å². The minimum Gasteiger partial charge on any atom is -0.494 e. The summed E-state index contributed by atoms with van der Waals surface area (Å²) in [4.78, 5) is 23.8. The molecule has 0 saturated carbocycles. The molecule has 27 heavy (non-hydrogen) atoms. The molecule has 2 aromatic rings. The van der Waals surface area contributed by atoms with Gasteiger partial charge in [0.25, 0.3) is 0 Å². The third-order valence-electron chi connectivity index (χ3n) is 3.53. The Labute approximate surface area is 158 Å². The van der Waals surface area contributed by atoms with Crippen LogP contribution in [-0.4, -0.2) is 38.8 Å². The number of carbonyl (C=O) groups excluding carboxylic acids is 2. The standard InChI is InChI=1S/C21H23NO5/c1-3-26-19-11-4-16(5-12-19)6-13-20(23)22-18-9-7-17(8-10-18)21(24)27-15-14-25-2/h4-13H,3,14-15H2,1-2H3,(H,22,23)/b13-6+. The Bertz CT molecular complexity index is 766. The summed E-state index contributed by atoms with van der Waals surface area (Å²) in [6.07, 6.45) is 3.16. The molecule has 0 spiro atoms. The number of benzene rings is 2. The molecule has 0 atom stereocenters. The highest BCUT2D eigenvalue weighted by Gasteiger charge is 2.07. The first kappa shape index (κ1) is 20.2. The Balaban J connectivity index is 1.87. The minimum absolute atomic E-state index is 0.199. The van der Waals surface area contributed by atoms with Gasteiger partial charge in [-0.2, -0.15) is 0 Å². The van der Waals surface area contributed by atoms with Crippen LogP contribution in [0.5, 0.6) is 5.75 Å². The summed E-state index contributed by atoms with van der Waals surface area (Å²) in [5, 5.41) is 2.74. The van der Waals surface area contributed by atoms with E-state index in [0.717, 1.165) is 11.3 Å². The highest BCUT2D eigenvalue weighted by molar-refractivity contribution is 6.02. The van der Waals surface area contributed by atoms with Crippen molar-refractivity contribution in [2.24, 2.45) is 0 Å². The third kappa shape index (κ3) is 6.95. The van der Waals surface area contributed by atoms with Crippen molar-refractivity contribution in [2.75, 3.05) is 32.2 Å². The zero-order valence-corrected chi connectivity index (χ0v) is 15.4. The number of hydrogen-bond acceptors (Lipinski definition) is 5. The van der Waals surface area contributed by atoms with E-state index in [-0.39, 0.29) is 12.5 Å². The van der Waals surface area contributed by atoms with Gasteiger partial charge in [-0.1, -0.05) is 12.1 Å². The van der Waals surface area contributed by atoms with E-state index >= 15 is 0 Å². The van der Waals surface area contributed by atoms with Crippen LogP contribution in [0.15, 0.2) is 54.6 Å². The fourth-order valence-corrected chi connectivity index (χ4v) is 2.19. The van der Waals surface area contributed by atoms with Crippen molar-refractivity contribution in [3.63, 3.8) is 0 Å². The van der Waals surface area contributed by atoms with Crippen LogP contribution in [0, 0.1) is 0 Å². The summed E-state index contributed by atoms with van der Waals surface area (Å²) in [5.74, 6) is 0.0968. The van der Waals surface area contributed by atoms with Crippen LogP contribution in [-0.2, 0) is 14.3 Å². The van der Waals surface area contributed by atoms with Crippen molar-refractivity contribution < 1.29 is 23.8 Å². The van der Waals surface area contributed by atoms with E-state index in [0.29, 0.717) is 24.5 Å². The normalized spacial score (nSPS) is 10.6. The molecular formula is C21H23NO5. The van der Waals surface area contributed by atoms with Crippen molar-refractivity contribution in [3.05, 3.63) is 65.7 Å². The third-order valence-corrected chi connectivity index (χ3v) is 3.53. The van der Waals surface area contributed by atoms with Gasteiger partial charge in [0.1, 0.15) is 12.4 Å². The molecule has 0 heterocycles. The van der Waals surface area contributed by atoms with E-state index in [9.17, 15) is 9.59 Å². The lowest BCUT2D eigenvalue weighted by molar-refractivity contribution is -0.111. The largest absolute Gasteiger partial charge is 0.494 e. The van der Waals surface area contributed by atoms with Crippen LogP contribution in [0.3, 0.4) is 0 Å². The number of methoxy groups -OCH3 is 1. The average molecular weight is 369 g/mol. The molecule has 0 bridgehead atoms. The molecular weight excluding hydrogens is 346 g/mol. The van der Waals surface area contributed by atoms with Gasteiger partial charge < -0.3 is 19.5 Å². The second-order valence-corrected chi connectivity index (χ2v) is 5.53. The maximum atomic E-state index is 12.0. The van der Waals surface area contributed by atoms with Crippen molar-refractivity contribution in [1.29, 1.82) is 0 Å². The summed E-state index contributed by atoms with van der Waals surface area (Å²) >= 11 is 0. The highest BCUT2D eigenvalue weighted by atomic mass is 16.6. The number of esters is 1. The molecule has 2 rings (SSSR count). The van der Waals surface area contributed by atoms with Gasteiger partial charge in [-0.25, -0.2) is 4.79 Å². The number of rotatable bonds is 9.